The van der Waals surface area contributed by atoms with Crippen molar-refractivity contribution in [3.05, 3.63) is 117 Å². The SMILES string of the molecule is C=C(C)C[C@]1(c2ccc(Br)cc2)N=C(NC(=O)OCc2ccccc2)N([C@H](COC(=O)NC2(C(F)(F)F)CC2)c2ccc(Cl)c(-c3ncnn3C(F)F)c2)C1=O. The normalized spacial score (nSPS) is 18.0. The smallest absolute Gasteiger partial charge is 0.414 e. The average molecular weight is 865 g/mol. The van der Waals surface area contributed by atoms with Gasteiger partial charge in [0.2, 0.25) is 5.96 Å². The average Bonchev–Trinajstić information content (AvgIpc) is 3.68. The number of alkyl carbamates (subject to hydrolysis) is 2. The Morgan fingerprint density at radius 3 is 2.36 bits per heavy atom. The van der Waals surface area contributed by atoms with Gasteiger partial charge in [-0.3, -0.25) is 15.0 Å². The van der Waals surface area contributed by atoms with Crippen molar-refractivity contribution in [3.8, 4) is 11.4 Å². The molecule has 1 aliphatic heterocycles. The highest BCUT2D eigenvalue weighted by molar-refractivity contribution is 9.10. The van der Waals surface area contributed by atoms with Gasteiger partial charge in [0.1, 0.15) is 25.1 Å². The topological polar surface area (TPSA) is 140 Å². The van der Waals surface area contributed by atoms with E-state index in [0.29, 0.717) is 25.9 Å². The highest BCUT2D eigenvalue weighted by atomic mass is 79.9. The largest absolute Gasteiger partial charge is 0.447 e. The highest BCUT2D eigenvalue weighted by Gasteiger charge is 2.64. The number of carbonyl (C=O) groups excluding carboxylic acids is 3. The van der Waals surface area contributed by atoms with Crippen LogP contribution in [0.5, 0.6) is 0 Å². The number of amides is 3. The van der Waals surface area contributed by atoms with Crippen LogP contribution in [0.15, 0.2) is 101 Å². The molecule has 6 rings (SSSR count). The van der Waals surface area contributed by atoms with Gasteiger partial charge in [-0.15, -0.1) is 6.58 Å². The molecular formula is C37H32BrClF5N7O5. The zero-order chi connectivity index (χ0) is 40.4. The number of alkyl halides is 5. The molecule has 1 aromatic heterocycles. The second-order valence-corrected chi connectivity index (χ2v) is 14.5. The Morgan fingerprint density at radius 2 is 1.73 bits per heavy atom. The van der Waals surface area contributed by atoms with Crippen LogP contribution in [0, 0.1) is 0 Å². The lowest BCUT2D eigenvalue weighted by molar-refractivity contribution is -0.164. The Balaban J connectivity index is 1.45. The summed E-state index contributed by atoms with van der Waals surface area (Å²) in [6.07, 6.45) is -7.18. The van der Waals surface area contributed by atoms with Crippen LogP contribution in [0.3, 0.4) is 0 Å². The number of hydrogen-bond acceptors (Lipinski definition) is 8. The van der Waals surface area contributed by atoms with E-state index in [2.05, 4.69) is 37.9 Å². The number of benzene rings is 3. The van der Waals surface area contributed by atoms with Crippen molar-refractivity contribution < 1.29 is 45.8 Å². The maximum absolute atomic E-state index is 15.1. The number of ether oxygens (including phenoxy) is 2. The molecule has 1 fully saturated rings. The first-order chi connectivity index (χ1) is 26.5. The van der Waals surface area contributed by atoms with E-state index in [0.717, 1.165) is 11.2 Å². The number of halogens is 7. The van der Waals surface area contributed by atoms with Gasteiger partial charge in [0, 0.05) is 16.5 Å². The molecule has 56 heavy (non-hydrogen) atoms. The Hall–Kier alpha value is -5.36. The lowest BCUT2D eigenvalue weighted by Crippen LogP contribution is -2.50. The molecule has 0 bridgehead atoms. The third kappa shape index (κ3) is 8.40. The molecule has 2 heterocycles. The minimum absolute atomic E-state index is 0.0577. The van der Waals surface area contributed by atoms with Gasteiger partial charge < -0.3 is 14.8 Å². The third-order valence-electron chi connectivity index (χ3n) is 9.10. The third-order valence-corrected chi connectivity index (χ3v) is 9.95. The van der Waals surface area contributed by atoms with Crippen molar-refractivity contribution in [2.24, 2.45) is 4.99 Å². The van der Waals surface area contributed by atoms with Crippen molar-refractivity contribution >= 4 is 51.6 Å². The van der Waals surface area contributed by atoms with Crippen LogP contribution in [0.4, 0.5) is 31.5 Å². The first kappa shape index (κ1) is 40.3. The van der Waals surface area contributed by atoms with Crippen molar-refractivity contribution in [1.82, 2.24) is 30.3 Å². The minimum atomic E-state index is -4.77. The molecule has 2 aliphatic rings. The Morgan fingerprint density at radius 1 is 1.04 bits per heavy atom. The van der Waals surface area contributed by atoms with Gasteiger partial charge in [0.15, 0.2) is 11.4 Å². The minimum Gasteiger partial charge on any atom is -0.447 e. The zero-order valence-electron chi connectivity index (χ0n) is 29.3. The summed E-state index contributed by atoms with van der Waals surface area (Å²) in [5.41, 5.74) is -2.75. The molecule has 1 saturated carbocycles. The number of carbonyl (C=O) groups is 3. The Kier molecular flexibility index (Phi) is 11.5. The van der Waals surface area contributed by atoms with E-state index >= 15 is 4.79 Å². The standard InChI is InChI=1S/C37H32BrClF5N7O5/c1-21(2)17-36(24-9-11-25(38)12-10-24)30(52)50(32(48-36)47-33(53)55-18-22-6-4-3-5-7-22)28(19-56-34(54)49-35(14-15-35)37(42,43)44)23-8-13-27(39)26(16-23)29-45-20-46-51(29)31(40)41/h3-13,16,20,28,31H,1,14-15,17-19H2,2H3,(H,49,54)(H,47,48,53)/t28-,36-/m1/s1. The van der Waals surface area contributed by atoms with Gasteiger partial charge in [-0.2, -0.15) is 31.7 Å². The molecule has 0 spiro atoms. The molecule has 1 aliphatic carbocycles. The van der Waals surface area contributed by atoms with Crippen molar-refractivity contribution in [2.75, 3.05) is 6.61 Å². The maximum atomic E-state index is 15.1. The Bertz CT molecular complexity index is 2170. The molecule has 2 N–H and O–H groups in total. The van der Waals surface area contributed by atoms with Crippen molar-refractivity contribution in [1.29, 1.82) is 0 Å². The van der Waals surface area contributed by atoms with Gasteiger partial charge in [0.25, 0.3) is 5.91 Å². The number of nitrogens with zero attached hydrogens (tertiary/aromatic N) is 5. The summed E-state index contributed by atoms with van der Waals surface area (Å²) in [7, 11) is 0. The predicted molar refractivity (Wildman–Crippen MR) is 196 cm³/mol. The van der Waals surface area contributed by atoms with Crippen LogP contribution in [-0.4, -0.2) is 62.0 Å². The zero-order valence-corrected chi connectivity index (χ0v) is 31.7. The van der Waals surface area contributed by atoms with Gasteiger partial charge in [-0.1, -0.05) is 81.6 Å². The molecule has 19 heteroatoms. The van der Waals surface area contributed by atoms with Crippen LogP contribution in [0.2, 0.25) is 5.02 Å². The quantitative estimate of drug-likeness (QED) is 0.107. The van der Waals surface area contributed by atoms with Crippen LogP contribution >= 0.6 is 27.5 Å². The number of hydrogen-bond donors (Lipinski definition) is 2. The van der Waals surface area contributed by atoms with E-state index < -0.39 is 54.5 Å². The second-order valence-electron chi connectivity index (χ2n) is 13.2. The lowest BCUT2D eigenvalue weighted by atomic mass is 9.84. The summed E-state index contributed by atoms with van der Waals surface area (Å²) in [4.78, 5) is 51.2. The van der Waals surface area contributed by atoms with E-state index in [1.807, 2.05) is 5.32 Å². The fourth-order valence-corrected chi connectivity index (χ4v) is 6.66. The van der Waals surface area contributed by atoms with Gasteiger partial charge >= 0.3 is 24.9 Å². The number of nitrogens with one attached hydrogen (secondary N) is 2. The lowest BCUT2D eigenvalue weighted by Gasteiger charge is -2.32. The van der Waals surface area contributed by atoms with Crippen molar-refractivity contribution in [2.45, 2.75) is 62.6 Å². The molecule has 3 aromatic carbocycles. The van der Waals surface area contributed by atoms with Gasteiger partial charge in [0.05, 0.1) is 11.1 Å². The predicted octanol–water partition coefficient (Wildman–Crippen LogP) is 8.60. The maximum Gasteiger partial charge on any atom is 0.414 e. The van der Waals surface area contributed by atoms with E-state index in [1.54, 1.807) is 61.5 Å². The van der Waals surface area contributed by atoms with Crippen LogP contribution in [-0.2, 0) is 26.4 Å². The van der Waals surface area contributed by atoms with E-state index in [4.69, 9.17) is 26.1 Å². The van der Waals surface area contributed by atoms with Crippen molar-refractivity contribution in [3.63, 3.8) is 0 Å². The monoisotopic (exact) mass is 863 g/mol. The number of rotatable bonds is 12. The summed E-state index contributed by atoms with van der Waals surface area (Å²) in [6.45, 7) is 1.53. The fraction of sp³-hybridized carbons (Fsp3) is 0.297. The van der Waals surface area contributed by atoms with Crippen LogP contribution < -0.4 is 10.6 Å². The van der Waals surface area contributed by atoms with E-state index in [9.17, 15) is 31.5 Å². The molecule has 0 unspecified atom stereocenters. The van der Waals surface area contributed by atoms with Crippen LogP contribution in [0.25, 0.3) is 11.4 Å². The molecule has 2 atom stereocenters. The van der Waals surface area contributed by atoms with E-state index in [1.165, 1.54) is 18.2 Å². The molecule has 0 saturated heterocycles. The van der Waals surface area contributed by atoms with E-state index in [-0.39, 0.29) is 53.8 Å². The molecule has 4 aromatic rings. The molecule has 3 amide bonds. The van der Waals surface area contributed by atoms with Crippen LogP contribution in [0.1, 0.15) is 55.5 Å². The first-order valence-corrected chi connectivity index (χ1v) is 18.0. The summed E-state index contributed by atoms with van der Waals surface area (Å²) in [6, 6.07) is 17.8. The fourth-order valence-electron chi connectivity index (χ4n) is 6.19. The first-order valence-electron chi connectivity index (χ1n) is 16.8. The Labute approximate surface area is 329 Å². The summed E-state index contributed by atoms with van der Waals surface area (Å²) < 4.78 is 81.0. The molecule has 0 radical (unpaired) electrons. The molecule has 12 nitrogen and oxygen atoms in total. The summed E-state index contributed by atoms with van der Waals surface area (Å²) >= 11 is 9.85. The second kappa shape index (κ2) is 16.0. The highest BCUT2D eigenvalue weighted by Crippen LogP contribution is 2.49. The summed E-state index contributed by atoms with van der Waals surface area (Å²) in [5, 5.41) is 7.90. The number of aliphatic imine (C=N–C) groups is 1. The molecular weight excluding hydrogens is 833 g/mol. The number of aromatic nitrogens is 3. The van der Waals surface area contributed by atoms with Gasteiger partial charge in [-0.05, 0) is 60.7 Å². The number of guanidine groups is 1. The molecule has 294 valence electrons. The summed E-state index contributed by atoms with van der Waals surface area (Å²) in [5.74, 6) is -1.51. The van der Waals surface area contributed by atoms with Gasteiger partial charge in [-0.25, -0.2) is 19.6 Å².